The molecular weight excluding hydrogens is 556 g/mol. The highest BCUT2D eigenvalue weighted by atomic mass is 16.5. The fourth-order valence-electron chi connectivity index (χ4n) is 5.11. The molecule has 2 aromatic carbocycles. The van der Waals surface area contributed by atoms with E-state index in [0.29, 0.717) is 27.1 Å². The molecule has 2 N–H and O–H groups in total. The number of carboxylic acids is 2. The van der Waals surface area contributed by atoms with Crippen LogP contribution in [0.2, 0.25) is 0 Å². The number of rotatable bonds is 9. The number of hydrogen-bond acceptors (Lipinski definition) is 8. The van der Waals surface area contributed by atoms with Crippen LogP contribution in [0.15, 0.2) is 64.2 Å². The number of pyridine rings is 2. The third-order valence-electron chi connectivity index (χ3n) is 7.11. The molecule has 0 unspecified atom stereocenters. The predicted molar refractivity (Wildman–Crippen MR) is 158 cm³/mol. The molecular formula is C31H28N4O8. The largest absolute Gasteiger partial charge is 0.497 e. The van der Waals surface area contributed by atoms with Gasteiger partial charge >= 0.3 is 17.6 Å². The van der Waals surface area contributed by atoms with Gasteiger partial charge in [0.2, 0.25) is 0 Å². The van der Waals surface area contributed by atoms with Gasteiger partial charge in [-0.25, -0.2) is 24.1 Å². The lowest BCUT2D eigenvalue weighted by molar-refractivity contribution is -0.137. The number of benzene rings is 2. The van der Waals surface area contributed by atoms with E-state index < -0.39 is 35.7 Å². The smallest absolute Gasteiger partial charge is 0.338 e. The number of para-hydroxylation sites is 1. The van der Waals surface area contributed by atoms with Gasteiger partial charge in [0.25, 0.3) is 5.56 Å². The first-order valence-corrected chi connectivity index (χ1v) is 13.3. The first-order chi connectivity index (χ1) is 20.5. The van der Waals surface area contributed by atoms with Gasteiger partial charge in [0.15, 0.2) is 5.65 Å². The van der Waals surface area contributed by atoms with E-state index in [0.717, 1.165) is 9.95 Å². The maximum Gasteiger partial charge on any atom is 0.338 e. The van der Waals surface area contributed by atoms with E-state index in [1.807, 2.05) is 12.1 Å². The van der Waals surface area contributed by atoms with Crippen LogP contribution < -0.4 is 20.7 Å². The van der Waals surface area contributed by atoms with Crippen molar-refractivity contribution >= 4 is 33.9 Å². The average Bonchev–Trinajstić information content (AvgIpc) is 2.99. The van der Waals surface area contributed by atoms with Gasteiger partial charge in [-0.1, -0.05) is 38.1 Å². The second-order valence-electron chi connectivity index (χ2n) is 10.1. The lowest BCUT2D eigenvalue weighted by atomic mass is 9.94. The Balaban J connectivity index is 1.98. The number of nitrogens with zero attached hydrogens (tertiary/aromatic N) is 4. The maximum atomic E-state index is 14.0. The Morgan fingerprint density at radius 1 is 0.930 bits per heavy atom. The van der Waals surface area contributed by atoms with Gasteiger partial charge in [-0.15, -0.1) is 0 Å². The summed E-state index contributed by atoms with van der Waals surface area (Å²) < 4.78 is 12.5. The molecule has 0 saturated heterocycles. The minimum Gasteiger partial charge on any atom is -0.497 e. The van der Waals surface area contributed by atoms with Crippen LogP contribution in [-0.4, -0.2) is 55.5 Å². The zero-order chi connectivity index (χ0) is 31.0. The van der Waals surface area contributed by atoms with E-state index in [9.17, 15) is 29.4 Å². The summed E-state index contributed by atoms with van der Waals surface area (Å²) in [7, 11) is 2.94. The third-order valence-corrected chi connectivity index (χ3v) is 7.11. The molecule has 5 aromatic rings. The fourth-order valence-corrected chi connectivity index (χ4v) is 5.11. The van der Waals surface area contributed by atoms with Crippen LogP contribution in [0.3, 0.4) is 0 Å². The zero-order valence-corrected chi connectivity index (χ0v) is 23.8. The number of ether oxygens (including phenoxy) is 2. The minimum absolute atomic E-state index is 0.0495. The number of hydrogen-bond donors (Lipinski definition) is 2. The van der Waals surface area contributed by atoms with E-state index in [2.05, 4.69) is 9.97 Å². The molecule has 0 bridgehead atoms. The predicted octanol–water partition coefficient (Wildman–Crippen LogP) is 3.75. The minimum atomic E-state index is -1.43. The number of aromatic carboxylic acids is 1. The molecule has 3 aromatic heterocycles. The lowest BCUT2D eigenvalue weighted by Gasteiger charge is -2.20. The first-order valence-electron chi connectivity index (χ1n) is 13.3. The van der Waals surface area contributed by atoms with Crippen molar-refractivity contribution in [2.75, 3.05) is 14.2 Å². The van der Waals surface area contributed by atoms with Crippen molar-refractivity contribution in [3.8, 4) is 22.8 Å². The van der Waals surface area contributed by atoms with E-state index in [1.54, 1.807) is 56.3 Å². The van der Waals surface area contributed by atoms with E-state index in [-0.39, 0.29) is 40.1 Å². The number of carbonyl (C=O) groups is 2. The van der Waals surface area contributed by atoms with Crippen molar-refractivity contribution in [1.29, 1.82) is 0 Å². The Labute approximate surface area is 244 Å². The SMILES string of the molecule is COc1ccc(Cn2c(=O)n(CC(=O)O)c(=O)c3c(-c4ccc5ccccc5n4)c(C(=O)O)c(C(C)C)nc32)c(OC)c1. The molecule has 43 heavy (non-hydrogen) atoms. The van der Waals surface area contributed by atoms with Gasteiger partial charge in [-0.3, -0.25) is 14.2 Å². The molecule has 0 atom stereocenters. The molecule has 12 heteroatoms. The highest BCUT2D eigenvalue weighted by molar-refractivity contribution is 6.06. The molecule has 0 fully saturated rings. The van der Waals surface area contributed by atoms with Crippen LogP contribution in [0, 0.1) is 0 Å². The summed E-state index contributed by atoms with van der Waals surface area (Å²) in [6.45, 7) is 2.37. The van der Waals surface area contributed by atoms with Crippen molar-refractivity contribution in [3.63, 3.8) is 0 Å². The molecule has 0 amide bonds. The van der Waals surface area contributed by atoms with Gasteiger partial charge in [0.1, 0.15) is 18.0 Å². The van der Waals surface area contributed by atoms with Crippen molar-refractivity contribution in [1.82, 2.24) is 19.1 Å². The summed E-state index contributed by atoms with van der Waals surface area (Å²) in [5.74, 6) is -2.33. The molecule has 3 heterocycles. The monoisotopic (exact) mass is 584 g/mol. The first kappa shape index (κ1) is 29.0. The Morgan fingerprint density at radius 3 is 2.33 bits per heavy atom. The fraction of sp³-hybridized carbons (Fsp3) is 0.226. The summed E-state index contributed by atoms with van der Waals surface area (Å²) in [5.41, 5.74) is -0.971. The Hall–Kier alpha value is -5.52. The van der Waals surface area contributed by atoms with Crippen molar-refractivity contribution < 1.29 is 29.3 Å². The molecule has 0 aliphatic carbocycles. The summed E-state index contributed by atoms with van der Waals surface area (Å²) >= 11 is 0. The van der Waals surface area contributed by atoms with Crippen LogP contribution in [0.1, 0.15) is 41.4 Å². The lowest BCUT2D eigenvalue weighted by Crippen LogP contribution is -2.42. The summed E-state index contributed by atoms with van der Waals surface area (Å²) in [4.78, 5) is 61.7. The van der Waals surface area contributed by atoms with Crippen LogP contribution in [0.25, 0.3) is 33.2 Å². The molecule has 0 saturated carbocycles. The highest BCUT2D eigenvalue weighted by Gasteiger charge is 2.29. The normalized spacial score (nSPS) is 11.3. The number of methoxy groups -OCH3 is 2. The second kappa shape index (κ2) is 11.4. The average molecular weight is 585 g/mol. The maximum absolute atomic E-state index is 14.0. The molecule has 0 spiro atoms. The van der Waals surface area contributed by atoms with E-state index >= 15 is 0 Å². The Bertz CT molecular complexity index is 2040. The molecule has 0 aliphatic heterocycles. The molecule has 0 aliphatic rings. The Morgan fingerprint density at radius 2 is 1.67 bits per heavy atom. The van der Waals surface area contributed by atoms with Crippen LogP contribution in [0.5, 0.6) is 11.5 Å². The zero-order valence-electron chi connectivity index (χ0n) is 23.8. The Kier molecular flexibility index (Phi) is 7.68. The summed E-state index contributed by atoms with van der Waals surface area (Å²) in [6.07, 6.45) is 0. The van der Waals surface area contributed by atoms with Gasteiger partial charge in [-0.2, -0.15) is 0 Å². The molecule has 220 valence electrons. The number of carboxylic acid groups (broad SMARTS) is 2. The van der Waals surface area contributed by atoms with Gasteiger partial charge in [0, 0.05) is 22.6 Å². The highest BCUT2D eigenvalue weighted by Crippen LogP contribution is 2.34. The molecule has 12 nitrogen and oxygen atoms in total. The number of aliphatic carboxylic acids is 1. The van der Waals surface area contributed by atoms with E-state index in [4.69, 9.17) is 9.47 Å². The van der Waals surface area contributed by atoms with Gasteiger partial charge < -0.3 is 19.7 Å². The van der Waals surface area contributed by atoms with Crippen LogP contribution >= 0.6 is 0 Å². The van der Waals surface area contributed by atoms with Crippen LogP contribution in [-0.2, 0) is 17.9 Å². The van der Waals surface area contributed by atoms with Gasteiger partial charge in [-0.05, 0) is 30.2 Å². The van der Waals surface area contributed by atoms with Crippen molar-refractivity contribution in [2.45, 2.75) is 32.9 Å². The topological polar surface area (TPSA) is 163 Å². The number of aromatic nitrogens is 4. The van der Waals surface area contributed by atoms with Crippen molar-refractivity contribution in [2.24, 2.45) is 0 Å². The van der Waals surface area contributed by atoms with Gasteiger partial charge in [0.05, 0.1) is 48.6 Å². The quantitative estimate of drug-likeness (QED) is 0.261. The summed E-state index contributed by atoms with van der Waals surface area (Å²) in [6, 6.07) is 15.5. The third kappa shape index (κ3) is 5.18. The number of fused-ring (bicyclic) bond motifs is 2. The standard InChI is InChI=1S/C31H28N4O8/c1-16(2)27-25(30(39)40)24(21-12-10-17-7-5-6-8-20(17)32-21)26-28(33-27)34(31(41)35(29(26)38)15-23(36)37)14-18-9-11-19(42-3)13-22(18)43-4/h5-13,16H,14-15H2,1-4H3,(H,36,37)(H,39,40). The van der Waals surface area contributed by atoms with E-state index in [1.165, 1.54) is 14.2 Å². The van der Waals surface area contributed by atoms with Crippen LogP contribution in [0.4, 0.5) is 0 Å². The van der Waals surface area contributed by atoms with Crippen molar-refractivity contribution in [3.05, 3.63) is 92.3 Å². The molecule has 0 radical (unpaired) electrons. The second-order valence-corrected chi connectivity index (χ2v) is 10.1. The summed E-state index contributed by atoms with van der Waals surface area (Å²) in [5, 5.41) is 20.6. The molecule has 5 rings (SSSR count).